The number of hydrogen-bond acceptors (Lipinski definition) is 2. The molecule has 0 fully saturated rings. The van der Waals surface area contributed by atoms with E-state index in [1.165, 1.54) is 12.1 Å². The number of Topliss-reactive ketones (excluding diaryl/α,β-unsaturated/α-hetero) is 1. The second kappa shape index (κ2) is 6.61. The summed E-state index contributed by atoms with van der Waals surface area (Å²) in [5.74, 6) is -0.272. The molecule has 88 valence electrons. The van der Waals surface area contributed by atoms with Gasteiger partial charge >= 0.3 is 0 Å². The molecule has 1 aromatic carbocycles. The molecule has 0 aliphatic carbocycles. The lowest BCUT2D eigenvalue weighted by Crippen LogP contribution is -2.05. The number of unbranched alkanes of at least 4 members (excludes halogenated alkanes) is 1. The van der Waals surface area contributed by atoms with Gasteiger partial charge in [-0.25, -0.2) is 4.39 Å². The van der Waals surface area contributed by atoms with Crippen LogP contribution in [0.2, 0.25) is 5.02 Å². The fourth-order valence-corrected chi connectivity index (χ4v) is 1.67. The first kappa shape index (κ1) is 13.1. The highest BCUT2D eigenvalue weighted by molar-refractivity contribution is 6.31. The lowest BCUT2D eigenvalue weighted by molar-refractivity contribution is -0.118. The zero-order valence-electron chi connectivity index (χ0n) is 9.01. The van der Waals surface area contributed by atoms with Crippen LogP contribution in [0.1, 0.15) is 24.8 Å². The zero-order valence-corrected chi connectivity index (χ0v) is 9.77. The summed E-state index contributed by atoms with van der Waals surface area (Å²) in [6.07, 6.45) is 2.42. The maximum atomic E-state index is 12.8. The molecule has 0 atom stereocenters. The second-order valence-electron chi connectivity index (χ2n) is 3.70. The fourth-order valence-electron chi connectivity index (χ4n) is 1.43. The van der Waals surface area contributed by atoms with Crippen molar-refractivity contribution in [1.29, 1.82) is 0 Å². The van der Waals surface area contributed by atoms with Crippen LogP contribution in [0.25, 0.3) is 0 Å². The normalized spacial score (nSPS) is 10.4. The smallest absolute Gasteiger partial charge is 0.137 e. The Hall–Kier alpha value is -0.930. The van der Waals surface area contributed by atoms with Crippen LogP contribution < -0.4 is 5.73 Å². The molecule has 2 N–H and O–H groups in total. The molecule has 0 aliphatic rings. The Labute approximate surface area is 99.6 Å². The average molecular weight is 244 g/mol. The summed E-state index contributed by atoms with van der Waals surface area (Å²) in [5.41, 5.74) is 6.02. The third-order valence-corrected chi connectivity index (χ3v) is 2.66. The molecule has 1 rings (SSSR count). The van der Waals surface area contributed by atoms with Crippen molar-refractivity contribution < 1.29 is 9.18 Å². The Morgan fingerprint density at radius 2 is 2.12 bits per heavy atom. The largest absolute Gasteiger partial charge is 0.330 e. The molecule has 0 aliphatic heterocycles. The molecule has 16 heavy (non-hydrogen) atoms. The number of ketones is 1. The molecule has 0 amide bonds. The summed E-state index contributed by atoms with van der Waals surface area (Å²) >= 11 is 5.82. The standard InChI is InChI=1S/C12H15ClFNO/c13-12-8-10(14)5-4-9(12)7-11(16)3-1-2-6-15/h4-5,8H,1-3,6-7,15H2. The average Bonchev–Trinajstić information content (AvgIpc) is 2.23. The van der Waals surface area contributed by atoms with Crippen LogP contribution in [0, 0.1) is 5.82 Å². The van der Waals surface area contributed by atoms with Crippen LogP contribution in [-0.2, 0) is 11.2 Å². The highest BCUT2D eigenvalue weighted by Gasteiger charge is 2.07. The Kier molecular flexibility index (Phi) is 5.43. The molecule has 0 heterocycles. The van der Waals surface area contributed by atoms with Crippen molar-refractivity contribution in [2.24, 2.45) is 5.73 Å². The van der Waals surface area contributed by atoms with Crippen molar-refractivity contribution >= 4 is 17.4 Å². The highest BCUT2D eigenvalue weighted by atomic mass is 35.5. The summed E-state index contributed by atoms with van der Waals surface area (Å²) in [5, 5.41) is 0.312. The first-order valence-electron chi connectivity index (χ1n) is 5.29. The van der Waals surface area contributed by atoms with E-state index in [-0.39, 0.29) is 18.0 Å². The quantitative estimate of drug-likeness (QED) is 0.781. The maximum Gasteiger partial charge on any atom is 0.137 e. The molecule has 0 spiro atoms. The number of nitrogens with two attached hydrogens (primary N) is 1. The monoisotopic (exact) mass is 243 g/mol. The van der Waals surface area contributed by atoms with Gasteiger partial charge in [0.1, 0.15) is 11.6 Å². The van der Waals surface area contributed by atoms with Gasteiger partial charge in [-0.05, 0) is 37.1 Å². The Morgan fingerprint density at radius 1 is 1.38 bits per heavy atom. The van der Waals surface area contributed by atoms with E-state index in [0.29, 0.717) is 23.6 Å². The van der Waals surface area contributed by atoms with Gasteiger partial charge in [-0.1, -0.05) is 17.7 Å². The maximum absolute atomic E-state index is 12.8. The summed E-state index contributed by atoms with van der Waals surface area (Å²) in [7, 11) is 0. The minimum Gasteiger partial charge on any atom is -0.330 e. The van der Waals surface area contributed by atoms with E-state index in [4.69, 9.17) is 17.3 Å². The molecule has 0 radical (unpaired) electrons. The number of hydrogen-bond donors (Lipinski definition) is 1. The fraction of sp³-hybridized carbons (Fsp3) is 0.417. The van der Waals surface area contributed by atoms with Crippen LogP contribution in [0.4, 0.5) is 4.39 Å². The predicted octanol–water partition coefficient (Wildman–Crippen LogP) is 2.72. The van der Waals surface area contributed by atoms with Gasteiger partial charge in [0.05, 0.1) is 0 Å². The van der Waals surface area contributed by atoms with Crippen LogP contribution in [0.3, 0.4) is 0 Å². The molecule has 2 nitrogen and oxygen atoms in total. The van der Waals surface area contributed by atoms with Crippen molar-refractivity contribution in [3.05, 3.63) is 34.6 Å². The van der Waals surface area contributed by atoms with Crippen molar-refractivity contribution in [2.45, 2.75) is 25.7 Å². The van der Waals surface area contributed by atoms with Gasteiger partial charge in [0.2, 0.25) is 0 Å². The van der Waals surface area contributed by atoms with Crippen LogP contribution in [0.5, 0.6) is 0 Å². The Morgan fingerprint density at radius 3 is 2.75 bits per heavy atom. The number of rotatable bonds is 6. The van der Waals surface area contributed by atoms with Gasteiger partial charge in [0.25, 0.3) is 0 Å². The summed E-state index contributed by atoms with van der Waals surface area (Å²) < 4.78 is 12.8. The van der Waals surface area contributed by atoms with E-state index in [1.54, 1.807) is 6.07 Å². The van der Waals surface area contributed by atoms with Gasteiger partial charge in [-0.2, -0.15) is 0 Å². The van der Waals surface area contributed by atoms with Crippen molar-refractivity contribution in [3.63, 3.8) is 0 Å². The predicted molar refractivity (Wildman–Crippen MR) is 63.0 cm³/mol. The Balaban J connectivity index is 2.49. The van der Waals surface area contributed by atoms with Crippen molar-refractivity contribution in [2.75, 3.05) is 6.54 Å². The van der Waals surface area contributed by atoms with E-state index < -0.39 is 0 Å². The van der Waals surface area contributed by atoms with Crippen LogP contribution in [0.15, 0.2) is 18.2 Å². The van der Waals surface area contributed by atoms with Gasteiger partial charge in [0, 0.05) is 17.9 Å². The van der Waals surface area contributed by atoms with E-state index in [2.05, 4.69) is 0 Å². The molecular formula is C12H15ClFNO. The van der Waals surface area contributed by atoms with Crippen molar-refractivity contribution in [1.82, 2.24) is 0 Å². The molecule has 0 saturated carbocycles. The molecule has 0 bridgehead atoms. The third kappa shape index (κ3) is 4.29. The number of carbonyl (C=O) groups excluding carboxylic acids is 1. The number of benzene rings is 1. The van der Waals surface area contributed by atoms with Crippen molar-refractivity contribution in [3.8, 4) is 0 Å². The minimum atomic E-state index is -0.385. The van der Waals surface area contributed by atoms with E-state index in [0.717, 1.165) is 12.8 Å². The molecule has 0 saturated heterocycles. The molecular weight excluding hydrogens is 229 g/mol. The van der Waals surface area contributed by atoms with E-state index >= 15 is 0 Å². The highest BCUT2D eigenvalue weighted by Crippen LogP contribution is 2.18. The summed E-state index contributed by atoms with van der Waals surface area (Å²) in [4.78, 5) is 11.5. The Bertz CT molecular complexity index is 368. The minimum absolute atomic E-state index is 0.113. The van der Waals surface area contributed by atoms with Crippen LogP contribution in [-0.4, -0.2) is 12.3 Å². The van der Waals surface area contributed by atoms with E-state index in [9.17, 15) is 9.18 Å². The summed E-state index contributed by atoms with van der Waals surface area (Å²) in [6, 6.07) is 4.09. The molecule has 1 aromatic rings. The third-order valence-electron chi connectivity index (χ3n) is 2.31. The van der Waals surface area contributed by atoms with Gasteiger partial charge in [0.15, 0.2) is 0 Å². The van der Waals surface area contributed by atoms with Gasteiger partial charge in [-0.15, -0.1) is 0 Å². The lowest BCUT2D eigenvalue weighted by atomic mass is 10.0. The first-order chi connectivity index (χ1) is 7.63. The summed E-state index contributed by atoms with van der Waals surface area (Å²) in [6.45, 7) is 0.602. The SMILES string of the molecule is NCCCCC(=O)Cc1ccc(F)cc1Cl. The van der Waals surface area contributed by atoms with Crippen LogP contribution >= 0.6 is 11.6 Å². The molecule has 0 unspecified atom stereocenters. The number of carbonyl (C=O) groups is 1. The van der Waals surface area contributed by atoms with Gasteiger partial charge in [-0.3, -0.25) is 4.79 Å². The zero-order chi connectivity index (χ0) is 12.0. The molecule has 4 heteroatoms. The molecule has 0 aromatic heterocycles. The lowest BCUT2D eigenvalue weighted by Gasteiger charge is -2.03. The topological polar surface area (TPSA) is 43.1 Å². The first-order valence-corrected chi connectivity index (χ1v) is 5.67. The second-order valence-corrected chi connectivity index (χ2v) is 4.10. The number of halogens is 2. The van der Waals surface area contributed by atoms with Gasteiger partial charge < -0.3 is 5.73 Å². The van der Waals surface area contributed by atoms with E-state index in [1.807, 2.05) is 0 Å².